The van der Waals surface area contributed by atoms with E-state index in [-0.39, 0.29) is 5.92 Å². The van der Waals surface area contributed by atoms with E-state index in [4.69, 9.17) is 10.5 Å². The van der Waals surface area contributed by atoms with Crippen LogP contribution in [0.5, 0.6) is 0 Å². The Balaban J connectivity index is 2.88. The van der Waals surface area contributed by atoms with Crippen molar-refractivity contribution in [3.8, 4) is 12.1 Å². The molecule has 1 aromatic heterocycles. The molecule has 0 aromatic carbocycles. The summed E-state index contributed by atoms with van der Waals surface area (Å²) in [4.78, 5) is 6.20. The van der Waals surface area contributed by atoms with Crippen LogP contribution < -0.4 is 4.90 Å². The second-order valence-electron chi connectivity index (χ2n) is 3.56. The van der Waals surface area contributed by atoms with Crippen LogP contribution in [0.4, 0.5) is 5.82 Å². The molecule has 82 valence electrons. The van der Waals surface area contributed by atoms with Crippen molar-refractivity contribution in [2.75, 3.05) is 18.0 Å². The second-order valence-corrected chi connectivity index (χ2v) is 3.56. The lowest BCUT2D eigenvalue weighted by molar-refractivity contribution is 0.679. The standard InChI is InChI=1S/C12H14N4/c1-3-16(9-10(2)7-13)12-6-4-5-11(8-14)15-12/h4-6,10H,3,9H2,1-2H3. The predicted octanol–water partition coefficient (Wildman–Crippen LogP) is 1.94. The fraction of sp³-hybridized carbons (Fsp3) is 0.417. The molecular formula is C12H14N4. The summed E-state index contributed by atoms with van der Waals surface area (Å²) in [7, 11) is 0. The van der Waals surface area contributed by atoms with Gasteiger partial charge in [-0.25, -0.2) is 4.98 Å². The molecule has 0 fully saturated rings. The third kappa shape index (κ3) is 2.96. The van der Waals surface area contributed by atoms with E-state index < -0.39 is 0 Å². The molecule has 1 rings (SSSR count). The van der Waals surface area contributed by atoms with Crippen LogP contribution in [0.25, 0.3) is 0 Å². The molecule has 0 aliphatic heterocycles. The highest BCUT2D eigenvalue weighted by Gasteiger charge is 2.10. The zero-order valence-electron chi connectivity index (χ0n) is 9.51. The number of hydrogen-bond acceptors (Lipinski definition) is 4. The molecule has 0 aliphatic rings. The van der Waals surface area contributed by atoms with Crippen LogP contribution in [0, 0.1) is 28.6 Å². The van der Waals surface area contributed by atoms with Crippen molar-refractivity contribution in [1.82, 2.24) is 4.98 Å². The predicted molar refractivity (Wildman–Crippen MR) is 61.6 cm³/mol. The molecule has 0 saturated carbocycles. The number of anilines is 1. The first kappa shape index (κ1) is 12.0. The van der Waals surface area contributed by atoms with E-state index in [2.05, 4.69) is 11.1 Å². The summed E-state index contributed by atoms with van der Waals surface area (Å²) < 4.78 is 0. The molecule has 0 bridgehead atoms. The molecule has 16 heavy (non-hydrogen) atoms. The van der Waals surface area contributed by atoms with E-state index in [0.717, 1.165) is 12.4 Å². The van der Waals surface area contributed by atoms with E-state index >= 15 is 0 Å². The van der Waals surface area contributed by atoms with Gasteiger partial charge in [-0.1, -0.05) is 6.07 Å². The first-order valence-corrected chi connectivity index (χ1v) is 5.23. The van der Waals surface area contributed by atoms with Gasteiger partial charge in [-0.15, -0.1) is 0 Å². The van der Waals surface area contributed by atoms with E-state index in [9.17, 15) is 0 Å². The van der Waals surface area contributed by atoms with Gasteiger partial charge in [0.25, 0.3) is 0 Å². The molecule has 1 aromatic rings. The average Bonchev–Trinajstić information content (AvgIpc) is 2.35. The molecule has 0 aliphatic carbocycles. The van der Waals surface area contributed by atoms with Crippen molar-refractivity contribution in [3.63, 3.8) is 0 Å². The fourth-order valence-corrected chi connectivity index (χ4v) is 1.42. The van der Waals surface area contributed by atoms with E-state index in [1.807, 2.05) is 30.9 Å². The first-order valence-electron chi connectivity index (χ1n) is 5.23. The van der Waals surface area contributed by atoms with Gasteiger partial charge in [0.2, 0.25) is 0 Å². The van der Waals surface area contributed by atoms with E-state index in [0.29, 0.717) is 12.2 Å². The van der Waals surface area contributed by atoms with Crippen LogP contribution in [-0.2, 0) is 0 Å². The van der Waals surface area contributed by atoms with Crippen molar-refractivity contribution in [1.29, 1.82) is 10.5 Å². The molecule has 0 amide bonds. The molecule has 1 heterocycles. The molecule has 1 atom stereocenters. The van der Waals surface area contributed by atoms with Crippen molar-refractivity contribution in [3.05, 3.63) is 23.9 Å². The Kier molecular flexibility index (Phi) is 4.29. The van der Waals surface area contributed by atoms with Crippen LogP contribution >= 0.6 is 0 Å². The zero-order valence-corrected chi connectivity index (χ0v) is 9.51. The molecule has 0 saturated heterocycles. The fourth-order valence-electron chi connectivity index (χ4n) is 1.42. The Bertz CT molecular complexity index is 427. The van der Waals surface area contributed by atoms with Gasteiger partial charge in [0, 0.05) is 13.1 Å². The third-order valence-corrected chi connectivity index (χ3v) is 2.27. The lowest BCUT2D eigenvalue weighted by atomic mass is 10.2. The van der Waals surface area contributed by atoms with Gasteiger partial charge in [-0.3, -0.25) is 0 Å². The molecule has 4 nitrogen and oxygen atoms in total. The Morgan fingerprint density at radius 3 is 2.75 bits per heavy atom. The third-order valence-electron chi connectivity index (χ3n) is 2.27. The number of rotatable bonds is 4. The molecule has 1 unspecified atom stereocenters. The Hall–Kier alpha value is -2.07. The molecule has 0 radical (unpaired) electrons. The highest BCUT2D eigenvalue weighted by Crippen LogP contribution is 2.12. The van der Waals surface area contributed by atoms with Crippen LogP contribution in [0.2, 0.25) is 0 Å². The van der Waals surface area contributed by atoms with Crippen LogP contribution in [0.3, 0.4) is 0 Å². The normalized spacial score (nSPS) is 11.2. The highest BCUT2D eigenvalue weighted by molar-refractivity contribution is 5.41. The number of hydrogen-bond donors (Lipinski definition) is 0. The van der Waals surface area contributed by atoms with Crippen LogP contribution in [-0.4, -0.2) is 18.1 Å². The lowest BCUT2D eigenvalue weighted by Gasteiger charge is -2.22. The molecule has 4 heteroatoms. The van der Waals surface area contributed by atoms with Gasteiger partial charge in [-0.05, 0) is 26.0 Å². The quantitative estimate of drug-likeness (QED) is 0.768. The van der Waals surface area contributed by atoms with Gasteiger partial charge in [0.1, 0.15) is 17.6 Å². The SMILES string of the molecule is CCN(CC(C)C#N)c1cccc(C#N)n1. The highest BCUT2D eigenvalue weighted by atomic mass is 15.2. The number of aromatic nitrogens is 1. The smallest absolute Gasteiger partial charge is 0.142 e. The average molecular weight is 214 g/mol. The number of nitriles is 2. The largest absolute Gasteiger partial charge is 0.356 e. The Morgan fingerprint density at radius 1 is 1.44 bits per heavy atom. The minimum Gasteiger partial charge on any atom is -0.356 e. The van der Waals surface area contributed by atoms with E-state index in [1.165, 1.54) is 0 Å². The molecule has 0 spiro atoms. The summed E-state index contributed by atoms with van der Waals surface area (Å²) in [5.74, 6) is 0.705. The summed E-state index contributed by atoms with van der Waals surface area (Å²) in [6.45, 7) is 5.28. The van der Waals surface area contributed by atoms with Gasteiger partial charge in [-0.2, -0.15) is 10.5 Å². The summed E-state index contributed by atoms with van der Waals surface area (Å²) in [5, 5.41) is 17.5. The maximum absolute atomic E-state index is 8.78. The number of nitrogens with zero attached hydrogens (tertiary/aromatic N) is 4. The monoisotopic (exact) mass is 214 g/mol. The lowest BCUT2D eigenvalue weighted by Crippen LogP contribution is -2.28. The van der Waals surface area contributed by atoms with Crippen molar-refractivity contribution in [2.45, 2.75) is 13.8 Å². The van der Waals surface area contributed by atoms with Crippen molar-refractivity contribution < 1.29 is 0 Å². The van der Waals surface area contributed by atoms with Gasteiger partial charge in [0.15, 0.2) is 0 Å². The maximum atomic E-state index is 8.78. The minimum absolute atomic E-state index is 0.0486. The van der Waals surface area contributed by atoms with Crippen molar-refractivity contribution >= 4 is 5.82 Å². The van der Waals surface area contributed by atoms with Gasteiger partial charge < -0.3 is 4.90 Å². The molecular weight excluding hydrogens is 200 g/mol. The topological polar surface area (TPSA) is 63.7 Å². The second kappa shape index (κ2) is 5.72. The summed E-state index contributed by atoms with van der Waals surface area (Å²) >= 11 is 0. The van der Waals surface area contributed by atoms with Crippen molar-refractivity contribution in [2.24, 2.45) is 5.92 Å². The Morgan fingerprint density at radius 2 is 2.19 bits per heavy atom. The van der Waals surface area contributed by atoms with Crippen LogP contribution in [0.15, 0.2) is 18.2 Å². The summed E-state index contributed by atoms with van der Waals surface area (Å²) in [6.07, 6.45) is 0. The Labute approximate surface area is 95.8 Å². The molecule has 0 N–H and O–H groups in total. The van der Waals surface area contributed by atoms with Crippen LogP contribution in [0.1, 0.15) is 19.5 Å². The zero-order chi connectivity index (χ0) is 12.0. The summed E-state index contributed by atoms with van der Waals surface area (Å²) in [6, 6.07) is 9.54. The maximum Gasteiger partial charge on any atom is 0.142 e. The minimum atomic E-state index is -0.0486. The van der Waals surface area contributed by atoms with Gasteiger partial charge in [0.05, 0.1) is 12.0 Å². The summed E-state index contributed by atoms with van der Waals surface area (Å²) in [5.41, 5.74) is 0.403. The van der Waals surface area contributed by atoms with E-state index in [1.54, 1.807) is 12.1 Å². The van der Waals surface area contributed by atoms with Gasteiger partial charge >= 0.3 is 0 Å². The number of pyridine rings is 1. The first-order chi connectivity index (χ1) is 7.71.